The molecule has 124 valence electrons. The van der Waals surface area contributed by atoms with E-state index in [0.29, 0.717) is 29.3 Å². The fourth-order valence-corrected chi connectivity index (χ4v) is 2.69. The van der Waals surface area contributed by atoms with Crippen LogP contribution in [-0.2, 0) is 16.0 Å². The average Bonchev–Trinajstić information content (AvgIpc) is 2.56. The Bertz CT molecular complexity index is 805. The molecule has 1 heterocycles. The maximum atomic E-state index is 12.0. The third-order valence-electron chi connectivity index (χ3n) is 3.82. The first kappa shape index (κ1) is 16.3. The molecule has 2 aromatic rings. The summed E-state index contributed by atoms with van der Waals surface area (Å²) in [5.74, 6) is 0.363. The molecule has 1 aliphatic heterocycles. The number of fused-ring (bicyclic) bond motifs is 1. The Morgan fingerprint density at radius 2 is 2.08 bits per heavy atom. The van der Waals surface area contributed by atoms with Crippen molar-refractivity contribution in [3.8, 4) is 5.75 Å². The van der Waals surface area contributed by atoms with Gasteiger partial charge in [0.05, 0.1) is 0 Å². The third kappa shape index (κ3) is 3.86. The molecule has 24 heavy (non-hydrogen) atoms. The highest BCUT2D eigenvalue weighted by Gasteiger charge is 2.15. The van der Waals surface area contributed by atoms with Crippen molar-refractivity contribution in [1.29, 1.82) is 0 Å². The number of anilines is 2. The Kier molecular flexibility index (Phi) is 4.71. The van der Waals surface area contributed by atoms with Gasteiger partial charge in [-0.15, -0.1) is 0 Å². The first-order chi connectivity index (χ1) is 11.5. The Labute approximate surface area is 145 Å². The predicted molar refractivity (Wildman–Crippen MR) is 93.7 cm³/mol. The number of hydrogen-bond donors (Lipinski definition) is 2. The van der Waals surface area contributed by atoms with Gasteiger partial charge in [-0.25, -0.2) is 0 Å². The number of carbonyl (C=O) groups is 2. The van der Waals surface area contributed by atoms with Gasteiger partial charge in [-0.05, 0) is 54.8 Å². The van der Waals surface area contributed by atoms with E-state index in [1.165, 1.54) is 0 Å². The molecule has 0 bridgehead atoms. The quantitative estimate of drug-likeness (QED) is 0.891. The molecule has 2 aromatic carbocycles. The number of halogens is 1. The summed E-state index contributed by atoms with van der Waals surface area (Å²) >= 11 is 5.94. The van der Waals surface area contributed by atoms with Crippen LogP contribution >= 0.6 is 11.6 Å². The molecule has 0 radical (unpaired) electrons. The molecular weight excluding hydrogens is 328 g/mol. The number of amides is 2. The molecular formula is C18H17ClN2O3. The van der Waals surface area contributed by atoms with Crippen molar-refractivity contribution in [2.24, 2.45) is 0 Å². The summed E-state index contributed by atoms with van der Waals surface area (Å²) in [4.78, 5) is 23.4. The van der Waals surface area contributed by atoms with Gasteiger partial charge in [-0.3, -0.25) is 9.59 Å². The van der Waals surface area contributed by atoms with Gasteiger partial charge in [-0.1, -0.05) is 17.7 Å². The molecule has 0 saturated carbocycles. The van der Waals surface area contributed by atoms with E-state index in [9.17, 15) is 9.59 Å². The van der Waals surface area contributed by atoms with E-state index in [-0.39, 0.29) is 18.4 Å². The van der Waals surface area contributed by atoms with Crippen LogP contribution in [0, 0.1) is 6.92 Å². The standard InChI is InChI=1S/C18H17ClN2O3/c1-11-2-4-13(19)9-16(11)21-18(23)10-24-14-5-6-15-12(8-14)3-7-17(22)20-15/h2,4-6,8-9H,3,7,10H2,1H3,(H,20,22)(H,21,23). The van der Waals surface area contributed by atoms with E-state index in [1.54, 1.807) is 24.3 Å². The summed E-state index contributed by atoms with van der Waals surface area (Å²) in [6, 6.07) is 10.7. The zero-order chi connectivity index (χ0) is 17.1. The molecule has 3 rings (SSSR count). The normalized spacial score (nSPS) is 13.0. The van der Waals surface area contributed by atoms with Crippen molar-refractivity contribution < 1.29 is 14.3 Å². The van der Waals surface area contributed by atoms with Crippen LogP contribution in [-0.4, -0.2) is 18.4 Å². The van der Waals surface area contributed by atoms with Crippen molar-refractivity contribution >= 4 is 34.8 Å². The van der Waals surface area contributed by atoms with Crippen LogP contribution in [0.3, 0.4) is 0 Å². The van der Waals surface area contributed by atoms with Crippen LogP contribution in [0.1, 0.15) is 17.5 Å². The van der Waals surface area contributed by atoms with E-state index in [0.717, 1.165) is 16.8 Å². The average molecular weight is 345 g/mol. The smallest absolute Gasteiger partial charge is 0.262 e. The Morgan fingerprint density at radius 1 is 1.25 bits per heavy atom. The molecule has 0 saturated heterocycles. The van der Waals surface area contributed by atoms with Crippen LogP contribution in [0.2, 0.25) is 5.02 Å². The number of ether oxygens (including phenoxy) is 1. The van der Waals surface area contributed by atoms with Gasteiger partial charge in [0.25, 0.3) is 5.91 Å². The Balaban J connectivity index is 1.60. The lowest BCUT2D eigenvalue weighted by Crippen LogP contribution is -2.21. The predicted octanol–water partition coefficient (Wildman–Crippen LogP) is 3.55. The van der Waals surface area contributed by atoms with E-state index in [2.05, 4.69) is 10.6 Å². The van der Waals surface area contributed by atoms with E-state index in [4.69, 9.17) is 16.3 Å². The van der Waals surface area contributed by atoms with Gasteiger partial charge < -0.3 is 15.4 Å². The van der Waals surface area contributed by atoms with E-state index in [1.807, 2.05) is 19.1 Å². The minimum Gasteiger partial charge on any atom is -0.484 e. The minimum absolute atomic E-state index is 0.0208. The molecule has 0 unspecified atom stereocenters. The second kappa shape index (κ2) is 6.93. The molecule has 0 fully saturated rings. The number of carbonyl (C=O) groups excluding carboxylic acids is 2. The van der Waals surface area contributed by atoms with E-state index < -0.39 is 0 Å². The van der Waals surface area contributed by atoms with E-state index >= 15 is 0 Å². The zero-order valence-electron chi connectivity index (χ0n) is 13.2. The van der Waals surface area contributed by atoms with Gasteiger partial charge in [-0.2, -0.15) is 0 Å². The third-order valence-corrected chi connectivity index (χ3v) is 4.05. The minimum atomic E-state index is -0.258. The lowest BCUT2D eigenvalue weighted by atomic mass is 10.0. The van der Waals surface area contributed by atoms with Gasteiger partial charge >= 0.3 is 0 Å². The Hall–Kier alpha value is -2.53. The largest absolute Gasteiger partial charge is 0.484 e. The summed E-state index contributed by atoms with van der Waals surface area (Å²) < 4.78 is 5.55. The Morgan fingerprint density at radius 3 is 2.92 bits per heavy atom. The summed E-state index contributed by atoms with van der Waals surface area (Å²) in [6.07, 6.45) is 1.14. The molecule has 1 aliphatic rings. The molecule has 2 amide bonds. The summed E-state index contributed by atoms with van der Waals surface area (Å²) in [5.41, 5.74) is 3.41. The fourth-order valence-electron chi connectivity index (χ4n) is 2.51. The van der Waals surface area contributed by atoms with Crippen molar-refractivity contribution in [3.05, 3.63) is 52.5 Å². The number of nitrogens with one attached hydrogen (secondary N) is 2. The lowest BCUT2D eigenvalue weighted by molar-refractivity contribution is -0.118. The van der Waals surface area contributed by atoms with Crippen molar-refractivity contribution in [1.82, 2.24) is 0 Å². The highest BCUT2D eigenvalue weighted by Crippen LogP contribution is 2.27. The second-order valence-electron chi connectivity index (χ2n) is 5.66. The van der Waals surface area contributed by atoms with Crippen molar-refractivity contribution in [3.63, 3.8) is 0 Å². The lowest BCUT2D eigenvalue weighted by Gasteiger charge is -2.17. The molecule has 5 nitrogen and oxygen atoms in total. The highest BCUT2D eigenvalue weighted by molar-refractivity contribution is 6.31. The monoisotopic (exact) mass is 344 g/mol. The van der Waals surface area contributed by atoms with Crippen LogP contribution in [0.5, 0.6) is 5.75 Å². The van der Waals surface area contributed by atoms with Gasteiger partial charge in [0.1, 0.15) is 5.75 Å². The van der Waals surface area contributed by atoms with Crippen LogP contribution in [0.15, 0.2) is 36.4 Å². The van der Waals surface area contributed by atoms with Crippen molar-refractivity contribution in [2.45, 2.75) is 19.8 Å². The maximum absolute atomic E-state index is 12.0. The SMILES string of the molecule is Cc1ccc(Cl)cc1NC(=O)COc1ccc2c(c1)CCC(=O)N2. The molecule has 6 heteroatoms. The van der Waals surface area contributed by atoms with Gasteiger partial charge in [0.2, 0.25) is 5.91 Å². The first-order valence-corrected chi connectivity index (χ1v) is 8.00. The first-order valence-electron chi connectivity index (χ1n) is 7.63. The zero-order valence-corrected chi connectivity index (χ0v) is 13.9. The summed E-state index contributed by atoms with van der Waals surface area (Å²) in [6.45, 7) is 1.79. The molecule has 0 atom stereocenters. The second-order valence-corrected chi connectivity index (χ2v) is 6.10. The molecule has 0 aromatic heterocycles. The number of hydrogen-bond acceptors (Lipinski definition) is 3. The number of aryl methyl sites for hydroxylation is 2. The van der Waals surface area contributed by atoms with Gasteiger partial charge in [0.15, 0.2) is 6.61 Å². The molecule has 0 aliphatic carbocycles. The molecule has 2 N–H and O–H groups in total. The van der Waals surface area contributed by atoms with Gasteiger partial charge in [0, 0.05) is 22.8 Å². The maximum Gasteiger partial charge on any atom is 0.262 e. The van der Waals surface area contributed by atoms with Crippen LogP contribution < -0.4 is 15.4 Å². The number of rotatable bonds is 4. The number of benzene rings is 2. The van der Waals surface area contributed by atoms with Crippen LogP contribution in [0.25, 0.3) is 0 Å². The van der Waals surface area contributed by atoms with Crippen LogP contribution in [0.4, 0.5) is 11.4 Å². The topological polar surface area (TPSA) is 67.4 Å². The summed E-state index contributed by atoms with van der Waals surface area (Å²) in [5, 5.41) is 6.16. The molecule has 0 spiro atoms. The summed E-state index contributed by atoms with van der Waals surface area (Å²) in [7, 11) is 0. The highest BCUT2D eigenvalue weighted by atomic mass is 35.5. The fraction of sp³-hybridized carbons (Fsp3) is 0.222. The van der Waals surface area contributed by atoms with Crippen molar-refractivity contribution in [2.75, 3.05) is 17.2 Å².